The average molecular weight is 316 g/mol. The molecule has 2 N–H and O–H groups in total. The zero-order valence-electron chi connectivity index (χ0n) is 12.5. The Bertz CT molecular complexity index is 641. The molecular weight excluding hydrogens is 296 g/mol. The number of carbonyl (C=O) groups excluding carboxylic acids is 1. The van der Waals surface area contributed by atoms with E-state index in [0.29, 0.717) is 13.1 Å². The van der Waals surface area contributed by atoms with Crippen LogP contribution in [0.1, 0.15) is 11.1 Å². The van der Waals surface area contributed by atoms with E-state index in [1.54, 1.807) is 16.2 Å². The lowest BCUT2D eigenvalue weighted by Gasteiger charge is -2.17. The minimum atomic E-state index is -0.463. The first kappa shape index (κ1) is 15.1. The molecule has 3 rings (SSSR count). The summed E-state index contributed by atoms with van der Waals surface area (Å²) in [6, 6.07) is 9.98. The van der Waals surface area contributed by atoms with Gasteiger partial charge in [-0.3, -0.25) is 0 Å². The van der Waals surface area contributed by atoms with Crippen LogP contribution in [0.25, 0.3) is 0 Å². The number of nitrogens with zero attached hydrogens (tertiary/aromatic N) is 1. The van der Waals surface area contributed by atoms with E-state index in [2.05, 4.69) is 17.4 Å². The molecule has 2 atom stereocenters. The Kier molecular flexibility index (Phi) is 4.45. The summed E-state index contributed by atoms with van der Waals surface area (Å²) >= 11 is 1.57. The number of aliphatic hydroxyl groups is 1. The van der Waals surface area contributed by atoms with Gasteiger partial charge in [-0.25, -0.2) is 4.79 Å². The summed E-state index contributed by atoms with van der Waals surface area (Å²) in [5, 5.41) is 17.1. The molecule has 116 valence electrons. The lowest BCUT2D eigenvalue weighted by atomic mass is 9.97. The lowest BCUT2D eigenvalue weighted by molar-refractivity contribution is 0.143. The number of anilines is 1. The molecule has 1 aromatic carbocycles. The number of rotatable bonds is 3. The van der Waals surface area contributed by atoms with Gasteiger partial charge in [-0.15, -0.1) is 11.3 Å². The van der Waals surface area contributed by atoms with E-state index in [1.807, 2.05) is 35.9 Å². The van der Waals surface area contributed by atoms with Crippen LogP contribution < -0.4 is 5.32 Å². The minimum Gasteiger partial charge on any atom is -0.391 e. The molecule has 0 bridgehead atoms. The monoisotopic (exact) mass is 316 g/mol. The first-order chi connectivity index (χ1) is 10.6. The van der Waals surface area contributed by atoms with E-state index < -0.39 is 6.10 Å². The normalized spacial score (nSPS) is 21.1. The number of likely N-dealkylation sites (tertiary alicyclic amines) is 1. The van der Waals surface area contributed by atoms with Gasteiger partial charge in [0.05, 0.1) is 11.8 Å². The van der Waals surface area contributed by atoms with Crippen LogP contribution in [-0.4, -0.2) is 35.2 Å². The van der Waals surface area contributed by atoms with Crippen molar-refractivity contribution in [3.63, 3.8) is 0 Å². The topological polar surface area (TPSA) is 52.6 Å². The predicted molar refractivity (Wildman–Crippen MR) is 89.3 cm³/mol. The molecule has 2 aromatic rings. The Morgan fingerprint density at radius 2 is 2.09 bits per heavy atom. The number of hydrogen-bond acceptors (Lipinski definition) is 3. The second-order valence-corrected chi connectivity index (χ2v) is 6.56. The van der Waals surface area contributed by atoms with Crippen LogP contribution in [0.3, 0.4) is 0 Å². The third-order valence-corrected chi connectivity index (χ3v) is 4.99. The number of β-amino-alcohol motifs (C(OH)–C–C–N with tert-alkyl or cyclic N) is 1. The van der Waals surface area contributed by atoms with Crippen molar-refractivity contribution in [2.24, 2.45) is 5.92 Å². The molecule has 2 heterocycles. The molecule has 2 amide bonds. The molecule has 0 spiro atoms. The van der Waals surface area contributed by atoms with Crippen LogP contribution in [0, 0.1) is 12.8 Å². The van der Waals surface area contributed by atoms with E-state index in [1.165, 1.54) is 5.56 Å². The van der Waals surface area contributed by atoms with Crippen LogP contribution >= 0.6 is 11.3 Å². The van der Waals surface area contributed by atoms with Crippen molar-refractivity contribution in [3.8, 4) is 0 Å². The standard InChI is InChI=1S/C17H20N2O2S/c1-12-10-22-11-15(12)18-17(21)19-8-14(16(20)9-19)7-13-5-3-2-4-6-13/h2-6,10-11,14,16,20H,7-9H2,1H3,(H,18,21)/t14-,16-/m1/s1. The molecular formula is C17H20N2O2S. The van der Waals surface area contributed by atoms with Crippen LogP contribution in [0.5, 0.6) is 0 Å². The molecule has 0 radical (unpaired) electrons. The fourth-order valence-corrected chi connectivity index (χ4v) is 3.60. The van der Waals surface area contributed by atoms with E-state index in [-0.39, 0.29) is 11.9 Å². The number of aliphatic hydroxyl groups excluding tert-OH is 1. The SMILES string of the molecule is Cc1cscc1NC(=O)N1C[C@@H](Cc2ccccc2)[C@H](O)C1. The van der Waals surface area contributed by atoms with Gasteiger partial charge >= 0.3 is 6.03 Å². The molecule has 0 unspecified atom stereocenters. The Morgan fingerprint density at radius 3 is 2.77 bits per heavy atom. The van der Waals surface area contributed by atoms with Crippen molar-refractivity contribution in [1.82, 2.24) is 4.90 Å². The summed E-state index contributed by atoms with van der Waals surface area (Å²) in [4.78, 5) is 14.0. The highest BCUT2D eigenvalue weighted by molar-refractivity contribution is 7.08. The van der Waals surface area contributed by atoms with Gasteiger partial charge in [0.2, 0.25) is 0 Å². The fraction of sp³-hybridized carbons (Fsp3) is 0.353. The zero-order chi connectivity index (χ0) is 15.5. The van der Waals surface area contributed by atoms with Crippen molar-refractivity contribution in [1.29, 1.82) is 0 Å². The third-order valence-electron chi connectivity index (χ3n) is 4.13. The first-order valence-electron chi connectivity index (χ1n) is 7.44. The number of aryl methyl sites for hydroxylation is 1. The summed E-state index contributed by atoms with van der Waals surface area (Å²) in [7, 11) is 0. The maximum absolute atomic E-state index is 12.3. The smallest absolute Gasteiger partial charge is 0.321 e. The maximum Gasteiger partial charge on any atom is 0.321 e. The van der Waals surface area contributed by atoms with Crippen molar-refractivity contribution >= 4 is 23.1 Å². The molecule has 4 nitrogen and oxygen atoms in total. The fourth-order valence-electron chi connectivity index (χ4n) is 2.82. The number of hydrogen-bond donors (Lipinski definition) is 2. The van der Waals surface area contributed by atoms with Gasteiger partial charge in [0.15, 0.2) is 0 Å². The Labute approximate surface area is 134 Å². The van der Waals surface area contributed by atoms with Gasteiger partial charge in [-0.2, -0.15) is 0 Å². The molecule has 1 aromatic heterocycles. The average Bonchev–Trinajstić information content (AvgIpc) is 3.07. The van der Waals surface area contributed by atoms with Crippen molar-refractivity contribution in [2.75, 3.05) is 18.4 Å². The van der Waals surface area contributed by atoms with Crippen molar-refractivity contribution in [2.45, 2.75) is 19.4 Å². The summed E-state index contributed by atoms with van der Waals surface area (Å²) in [6.45, 7) is 2.96. The van der Waals surface area contributed by atoms with E-state index >= 15 is 0 Å². The highest BCUT2D eigenvalue weighted by atomic mass is 32.1. The quantitative estimate of drug-likeness (QED) is 0.914. The maximum atomic E-state index is 12.3. The summed E-state index contributed by atoms with van der Waals surface area (Å²) < 4.78 is 0. The van der Waals surface area contributed by atoms with Gasteiger partial charge in [0.25, 0.3) is 0 Å². The molecule has 1 fully saturated rings. The van der Waals surface area contributed by atoms with Gasteiger partial charge in [0.1, 0.15) is 0 Å². The van der Waals surface area contributed by atoms with E-state index in [9.17, 15) is 9.90 Å². The van der Waals surface area contributed by atoms with Crippen molar-refractivity contribution in [3.05, 3.63) is 52.2 Å². The lowest BCUT2D eigenvalue weighted by Crippen LogP contribution is -2.33. The zero-order valence-corrected chi connectivity index (χ0v) is 13.3. The van der Waals surface area contributed by atoms with Crippen LogP contribution in [0.4, 0.5) is 10.5 Å². The number of amides is 2. The number of thiophene rings is 1. The number of urea groups is 1. The minimum absolute atomic E-state index is 0.0942. The molecule has 1 aliphatic rings. The van der Waals surface area contributed by atoms with E-state index in [4.69, 9.17) is 0 Å². The van der Waals surface area contributed by atoms with Gasteiger partial charge < -0.3 is 15.3 Å². The molecule has 1 saturated heterocycles. The summed E-state index contributed by atoms with van der Waals surface area (Å²) in [5.41, 5.74) is 3.12. The number of carbonyl (C=O) groups is 1. The van der Waals surface area contributed by atoms with Crippen LogP contribution in [0.2, 0.25) is 0 Å². The number of nitrogens with one attached hydrogen (secondary N) is 1. The van der Waals surface area contributed by atoms with Gasteiger partial charge in [-0.05, 0) is 29.9 Å². The first-order valence-corrected chi connectivity index (χ1v) is 8.38. The number of benzene rings is 1. The van der Waals surface area contributed by atoms with Crippen molar-refractivity contribution < 1.29 is 9.90 Å². The predicted octanol–water partition coefficient (Wildman–Crippen LogP) is 3.12. The third kappa shape index (κ3) is 3.31. The van der Waals surface area contributed by atoms with Gasteiger partial charge in [-0.1, -0.05) is 30.3 Å². The molecule has 0 aliphatic carbocycles. The van der Waals surface area contributed by atoms with Gasteiger partial charge in [0, 0.05) is 24.4 Å². The highest BCUT2D eigenvalue weighted by Crippen LogP contribution is 2.24. The molecule has 22 heavy (non-hydrogen) atoms. The van der Waals surface area contributed by atoms with Crippen LogP contribution in [-0.2, 0) is 6.42 Å². The summed E-state index contributed by atoms with van der Waals surface area (Å²) in [5.74, 6) is 0.0942. The van der Waals surface area contributed by atoms with E-state index in [0.717, 1.165) is 17.7 Å². The summed E-state index contributed by atoms with van der Waals surface area (Å²) in [6.07, 6.45) is 0.332. The largest absolute Gasteiger partial charge is 0.391 e. The molecule has 5 heteroatoms. The molecule has 1 aliphatic heterocycles. The Morgan fingerprint density at radius 1 is 1.32 bits per heavy atom. The molecule has 0 saturated carbocycles. The second kappa shape index (κ2) is 6.50. The highest BCUT2D eigenvalue weighted by Gasteiger charge is 2.34. The second-order valence-electron chi connectivity index (χ2n) is 5.82. The van der Waals surface area contributed by atoms with Crippen LogP contribution in [0.15, 0.2) is 41.1 Å². The Hall–Kier alpha value is -1.85. The Balaban J connectivity index is 1.60.